The number of carbonyl (C=O) groups is 1. The number of hydrogen-bond donors (Lipinski definition) is 0. The second kappa shape index (κ2) is 8.27. The van der Waals surface area contributed by atoms with Gasteiger partial charge in [0.05, 0.1) is 11.4 Å². The minimum absolute atomic E-state index is 0.203. The summed E-state index contributed by atoms with van der Waals surface area (Å²) in [4.78, 5) is 15.8. The molecule has 2 aromatic rings. The van der Waals surface area contributed by atoms with Gasteiger partial charge in [0, 0.05) is 31.2 Å². The highest BCUT2D eigenvalue weighted by Gasteiger charge is 2.26. The van der Waals surface area contributed by atoms with Crippen molar-refractivity contribution >= 4 is 33.0 Å². The van der Waals surface area contributed by atoms with Crippen LogP contribution in [0, 0.1) is 5.82 Å². The van der Waals surface area contributed by atoms with Crippen LogP contribution in [0.5, 0.6) is 0 Å². The van der Waals surface area contributed by atoms with E-state index >= 15 is 0 Å². The van der Waals surface area contributed by atoms with Gasteiger partial charge >= 0.3 is 0 Å². The van der Waals surface area contributed by atoms with Gasteiger partial charge in [-0.15, -0.1) is 0 Å². The fourth-order valence-electron chi connectivity index (χ4n) is 3.07. The van der Waals surface area contributed by atoms with Gasteiger partial charge in [0.25, 0.3) is 0 Å². The Morgan fingerprint density at radius 2 is 1.63 bits per heavy atom. The standard InChI is InChI=1S/C19H20ClFN2O3S/c20-16-7-5-15(6-8-16)13-27(25,26)14-19(24)23-11-9-22(10-12-23)18-4-2-1-3-17(18)21/h1-8H,9-14H2. The molecule has 0 aliphatic carbocycles. The maximum absolute atomic E-state index is 13.9. The van der Waals surface area contributed by atoms with Gasteiger partial charge in [-0.3, -0.25) is 4.79 Å². The number of sulfone groups is 1. The molecule has 0 bridgehead atoms. The molecule has 1 heterocycles. The molecule has 2 aromatic carbocycles. The number of piperazine rings is 1. The second-order valence-corrected chi connectivity index (χ2v) is 8.98. The van der Waals surface area contributed by atoms with Gasteiger partial charge in [0.15, 0.2) is 9.84 Å². The van der Waals surface area contributed by atoms with Gasteiger partial charge in [0.2, 0.25) is 5.91 Å². The van der Waals surface area contributed by atoms with Crippen molar-refractivity contribution in [2.24, 2.45) is 0 Å². The van der Waals surface area contributed by atoms with Crippen LogP contribution in [-0.4, -0.2) is 51.2 Å². The quantitative estimate of drug-likeness (QED) is 0.760. The molecule has 0 aromatic heterocycles. The Bertz CT molecular complexity index is 911. The first-order valence-electron chi connectivity index (χ1n) is 8.56. The highest BCUT2D eigenvalue weighted by Crippen LogP contribution is 2.20. The number of para-hydroxylation sites is 1. The Morgan fingerprint density at radius 1 is 1.00 bits per heavy atom. The molecule has 1 amide bonds. The number of hydrogen-bond acceptors (Lipinski definition) is 4. The maximum atomic E-state index is 13.9. The summed E-state index contributed by atoms with van der Waals surface area (Å²) in [5, 5.41) is 0.528. The second-order valence-electron chi connectivity index (χ2n) is 6.48. The summed E-state index contributed by atoms with van der Waals surface area (Å²) in [6.07, 6.45) is 0. The molecule has 8 heteroatoms. The van der Waals surface area contributed by atoms with Crippen molar-refractivity contribution < 1.29 is 17.6 Å². The Balaban J connectivity index is 1.56. The number of carbonyl (C=O) groups excluding carboxylic acids is 1. The lowest BCUT2D eigenvalue weighted by atomic mass is 10.2. The molecule has 0 unspecified atom stereocenters. The van der Waals surface area contributed by atoms with E-state index in [1.807, 2.05) is 4.90 Å². The van der Waals surface area contributed by atoms with Crippen LogP contribution in [0.2, 0.25) is 5.02 Å². The molecular weight excluding hydrogens is 391 g/mol. The first-order valence-corrected chi connectivity index (χ1v) is 10.8. The molecule has 144 valence electrons. The highest BCUT2D eigenvalue weighted by atomic mass is 35.5. The molecule has 3 rings (SSSR count). The van der Waals surface area contributed by atoms with Gasteiger partial charge in [-0.05, 0) is 29.8 Å². The molecule has 0 saturated carbocycles. The smallest absolute Gasteiger partial charge is 0.237 e. The van der Waals surface area contributed by atoms with Crippen LogP contribution in [0.25, 0.3) is 0 Å². The third-order valence-electron chi connectivity index (χ3n) is 4.47. The van der Waals surface area contributed by atoms with Crippen LogP contribution in [0.3, 0.4) is 0 Å². The maximum Gasteiger partial charge on any atom is 0.237 e. The average Bonchev–Trinajstić information content (AvgIpc) is 2.63. The summed E-state index contributed by atoms with van der Waals surface area (Å²) in [5.41, 5.74) is 1.09. The molecule has 1 aliphatic rings. The lowest BCUT2D eigenvalue weighted by Gasteiger charge is -2.36. The number of halogens is 2. The molecule has 5 nitrogen and oxygen atoms in total. The van der Waals surface area contributed by atoms with Crippen molar-refractivity contribution in [1.82, 2.24) is 4.90 Å². The number of benzene rings is 2. The third-order valence-corrected chi connectivity index (χ3v) is 6.18. The van der Waals surface area contributed by atoms with Crippen molar-refractivity contribution in [3.63, 3.8) is 0 Å². The monoisotopic (exact) mass is 410 g/mol. The van der Waals surface area contributed by atoms with Crippen LogP contribution >= 0.6 is 11.6 Å². The molecule has 1 fully saturated rings. The Hall–Kier alpha value is -2.12. The Kier molecular flexibility index (Phi) is 6.01. The van der Waals surface area contributed by atoms with Crippen LogP contribution in [0.15, 0.2) is 48.5 Å². The van der Waals surface area contributed by atoms with E-state index in [0.29, 0.717) is 42.5 Å². The lowest BCUT2D eigenvalue weighted by Crippen LogP contribution is -2.50. The molecule has 27 heavy (non-hydrogen) atoms. The van der Waals surface area contributed by atoms with Crippen molar-refractivity contribution in [2.45, 2.75) is 5.75 Å². The van der Waals surface area contributed by atoms with Crippen LogP contribution in [0.1, 0.15) is 5.56 Å². The highest BCUT2D eigenvalue weighted by molar-refractivity contribution is 7.91. The Morgan fingerprint density at radius 3 is 2.26 bits per heavy atom. The minimum atomic E-state index is -3.58. The average molecular weight is 411 g/mol. The van der Waals surface area contributed by atoms with E-state index in [-0.39, 0.29) is 11.6 Å². The zero-order valence-corrected chi connectivity index (χ0v) is 16.2. The van der Waals surface area contributed by atoms with Crippen molar-refractivity contribution in [3.8, 4) is 0 Å². The molecule has 1 saturated heterocycles. The van der Waals surface area contributed by atoms with Crippen molar-refractivity contribution in [3.05, 3.63) is 64.9 Å². The first-order chi connectivity index (χ1) is 12.8. The molecule has 0 spiro atoms. The summed E-state index contributed by atoms with van der Waals surface area (Å²) in [6, 6.07) is 13.0. The lowest BCUT2D eigenvalue weighted by molar-refractivity contribution is -0.128. The zero-order valence-electron chi connectivity index (χ0n) is 14.6. The minimum Gasteiger partial charge on any atom is -0.366 e. The fraction of sp³-hybridized carbons (Fsp3) is 0.316. The summed E-state index contributed by atoms with van der Waals surface area (Å²) in [5.74, 6) is -1.46. The summed E-state index contributed by atoms with van der Waals surface area (Å²) < 4.78 is 38.5. The molecule has 0 N–H and O–H groups in total. The Labute approximate surface area is 163 Å². The molecule has 0 radical (unpaired) electrons. The van der Waals surface area contributed by atoms with E-state index in [0.717, 1.165) is 0 Å². The predicted molar refractivity (Wildman–Crippen MR) is 104 cm³/mol. The van der Waals surface area contributed by atoms with Crippen LogP contribution in [0.4, 0.5) is 10.1 Å². The van der Waals surface area contributed by atoms with Gasteiger partial charge in [-0.2, -0.15) is 0 Å². The topological polar surface area (TPSA) is 57.7 Å². The molecule has 0 atom stereocenters. The van der Waals surface area contributed by atoms with E-state index in [1.165, 1.54) is 11.0 Å². The molecule has 1 aliphatic heterocycles. The fourth-order valence-corrected chi connectivity index (χ4v) is 4.56. The largest absolute Gasteiger partial charge is 0.366 e. The molecular formula is C19H20ClFN2O3S. The van der Waals surface area contributed by atoms with E-state index in [1.54, 1.807) is 42.5 Å². The van der Waals surface area contributed by atoms with Gasteiger partial charge in [-0.25, -0.2) is 12.8 Å². The van der Waals surface area contributed by atoms with E-state index < -0.39 is 21.5 Å². The zero-order chi connectivity index (χ0) is 19.4. The SMILES string of the molecule is O=C(CS(=O)(=O)Cc1ccc(Cl)cc1)N1CCN(c2ccccc2F)CC1. The van der Waals surface area contributed by atoms with Crippen LogP contribution in [-0.2, 0) is 20.4 Å². The number of rotatable bonds is 5. The number of amides is 1. The van der Waals surface area contributed by atoms with Crippen molar-refractivity contribution in [1.29, 1.82) is 0 Å². The van der Waals surface area contributed by atoms with E-state index in [2.05, 4.69) is 0 Å². The third kappa shape index (κ3) is 5.20. The normalized spacial score (nSPS) is 15.0. The summed E-state index contributed by atoms with van der Waals surface area (Å²) in [6.45, 7) is 1.65. The van der Waals surface area contributed by atoms with Gasteiger partial charge < -0.3 is 9.80 Å². The van der Waals surface area contributed by atoms with Gasteiger partial charge in [0.1, 0.15) is 11.6 Å². The number of anilines is 1. The van der Waals surface area contributed by atoms with Crippen molar-refractivity contribution in [2.75, 3.05) is 36.8 Å². The van der Waals surface area contributed by atoms with Gasteiger partial charge in [-0.1, -0.05) is 35.9 Å². The summed E-state index contributed by atoms with van der Waals surface area (Å²) >= 11 is 5.80. The van der Waals surface area contributed by atoms with E-state index in [4.69, 9.17) is 11.6 Å². The predicted octanol–water partition coefficient (Wildman–Crippen LogP) is 2.74. The number of nitrogens with zero attached hydrogens (tertiary/aromatic N) is 2. The van der Waals surface area contributed by atoms with Crippen LogP contribution < -0.4 is 4.90 Å². The summed E-state index contributed by atoms with van der Waals surface area (Å²) in [7, 11) is -3.58. The van der Waals surface area contributed by atoms with E-state index in [9.17, 15) is 17.6 Å². The first kappa shape index (κ1) is 19.6.